The molecule has 0 aromatic heterocycles. The average molecular weight is 280 g/mol. The lowest BCUT2D eigenvalue weighted by Crippen LogP contribution is -2.05. The molecule has 0 bridgehead atoms. The van der Waals surface area contributed by atoms with Crippen LogP contribution in [-0.2, 0) is 11.2 Å². The van der Waals surface area contributed by atoms with E-state index in [1.54, 1.807) is 18.4 Å². The van der Waals surface area contributed by atoms with Gasteiger partial charge in [0.1, 0.15) is 5.78 Å². The number of hydrogen-bond acceptors (Lipinski definition) is 3. The summed E-state index contributed by atoms with van der Waals surface area (Å²) in [5.74, 6) is -0.143. The topological polar surface area (TPSA) is 17.1 Å². The van der Waals surface area contributed by atoms with Crippen molar-refractivity contribution in [2.24, 2.45) is 0 Å². The lowest BCUT2D eigenvalue weighted by atomic mass is 10.1. The van der Waals surface area contributed by atoms with Crippen LogP contribution < -0.4 is 0 Å². The number of ketones is 1. The van der Waals surface area contributed by atoms with Gasteiger partial charge in [-0.1, -0.05) is 6.07 Å². The minimum absolute atomic E-state index is 0.0371. The first kappa shape index (κ1) is 14.4. The van der Waals surface area contributed by atoms with E-state index >= 15 is 0 Å². The average Bonchev–Trinajstić information content (AvgIpc) is 2.17. The van der Waals surface area contributed by atoms with Gasteiger partial charge in [-0.05, 0) is 42.6 Å². The molecule has 1 aromatic carbocycles. The Morgan fingerprint density at radius 3 is 2.35 bits per heavy atom. The standard InChI is InChI=1S/C11H11F3OS2/c1-7(15)6-8-9(16-2)4-3-5-10(8)17-11(12,13)14/h3-5H,6H2,1-2H3. The lowest BCUT2D eigenvalue weighted by molar-refractivity contribution is -0.116. The molecule has 0 heterocycles. The Hall–Kier alpha value is -0.620. The molecule has 1 rings (SSSR count). The van der Waals surface area contributed by atoms with E-state index in [0.717, 1.165) is 4.90 Å². The van der Waals surface area contributed by atoms with Crippen molar-refractivity contribution >= 4 is 29.3 Å². The van der Waals surface area contributed by atoms with E-state index in [9.17, 15) is 18.0 Å². The number of carbonyl (C=O) groups excluding carboxylic acids is 1. The van der Waals surface area contributed by atoms with Gasteiger partial charge in [-0.2, -0.15) is 13.2 Å². The number of benzene rings is 1. The van der Waals surface area contributed by atoms with Crippen LogP contribution in [0.15, 0.2) is 28.0 Å². The summed E-state index contributed by atoms with van der Waals surface area (Å²) in [5.41, 5.74) is -3.86. The zero-order valence-electron chi connectivity index (χ0n) is 9.30. The third kappa shape index (κ3) is 4.63. The van der Waals surface area contributed by atoms with E-state index in [2.05, 4.69) is 0 Å². The monoisotopic (exact) mass is 280 g/mol. The molecule has 6 heteroatoms. The first-order valence-corrected chi connectivity index (χ1v) is 6.78. The minimum atomic E-state index is -4.33. The number of thioether (sulfide) groups is 2. The summed E-state index contributed by atoms with van der Waals surface area (Å²) in [6.07, 6.45) is 1.82. The van der Waals surface area contributed by atoms with Crippen LogP contribution in [0.3, 0.4) is 0 Å². The molecular formula is C11H11F3OS2. The second kappa shape index (κ2) is 5.82. The Kier molecular flexibility index (Phi) is 4.94. The van der Waals surface area contributed by atoms with Gasteiger partial charge < -0.3 is 0 Å². The van der Waals surface area contributed by atoms with E-state index in [0.29, 0.717) is 5.56 Å². The molecule has 0 spiro atoms. The van der Waals surface area contributed by atoms with Gasteiger partial charge in [0.25, 0.3) is 0 Å². The molecule has 0 aliphatic rings. The molecule has 0 saturated carbocycles. The smallest absolute Gasteiger partial charge is 0.300 e. The molecule has 17 heavy (non-hydrogen) atoms. The lowest BCUT2D eigenvalue weighted by Gasteiger charge is -2.13. The Labute approximate surface area is 106 Å². The van der Waals surface area contributed by atoms with Gasteiger partial charge in [0.2, 0.25) is 0 Å². The Balaban J connectivity index is 3.14. The van der Waals surface area contributed by atoms with Crippen LogP contribution in [0.4, 0.5) is 13.2 Å². The van der Waals surface area contributed by atoms with Crippen LogP contribution in [0.5, 0.6) is 0 Å². The molecule has 0 aliphatic carbocycles. The Bertz CT molecular complexity index is 416. The highest BCUT2D eigenvalue weighted by atomic mass is 32.2. The summed E-state index contributed by atoms with van der Waals surface area (Å²) in [6.45, 7) is 1.37. The SMILES string of the molecule is CSc1cccc(SC(F)(F)F)c1CC(C)=O. The van der Waals surface area contributed by atoms with Crippen molar-refractivity contribution in [2.45, 2.75) is 28.6 Å². The third-order valence-electron chi connectivity index (χ3n) is 1.96. The van der Waals surface area contributed by atoms with Crippen LogP contribution in [-0.4, -0.2) is 17.5 Å². The molecule has 0 radical (unpaired) electrons. The highest BCUT2D eigenvalue weighted by Gasteiger charge is 2.30. The molecule has 0 saturated heterocycles. The van der Waals surface area contributed by atoms with E-state index in [4.69, 9.17) is 0 Å². The van der Waals surface area contributed by atoms with Gasteiger partial charge in [0.15, 0.2) is 0 Å². The van der Waals surface area contributed by atoms with Gasteiger partial charge in [-0.25, -0.2) is 0 Å². The van der Waals surface area contributed by atoms with Crippen molar-refractivity contribution < 1.29 is 18.0 Å². The molecule has 94 valence electrons. The van der Waals surface area contributed by atoms with E-state index in [1.165, 1.54) is 24.8 Å². The highest BCUT2D eigenvalue weighted by Crippen LogP contribution is 2.40. The maximum absolute atomic E-state index is 12.4. The number of Topliss-reactive ketones (excluding diaryl/α,β-unsaturated/α-hetero) is 1. The number of rotatable bonds is 4. The van der Waals surface area contributed by atoms with E-state index in [-0.39, 0.29) is 28.9 Å². The van der Waals surface area contributed by atoms with Gasteiger partial charge >= 0.3 is 5.51 Å². The fraction of sp³-hybridized carbons (Fsp3) is 0.364. The van der Waals surface area contributed by atoms with Crippen LogP contribution >= 0.6 is 23.5 Å². The first-order valence-electron chi connectivity index (χ1n) is 4.74. The summed E-state index contributed by atoms with van der Waals surface area (Å²) in [6, 6.07) is 4.70. The molecule has 0 fully saturated rings. The number of hydrogen-bond donors (Lipinski definition) is 0. The van der Waals surface area contributed by atoms with Crippen LogP contribution in [0.25, 0.3) is 0 Å². The quantitative estimate of drug-likeness (QED) is 0.771. The van der Waals surface area contributed by atoms with Crippen LogP contribution in [0.1, 0.15) is 12.5 Å². The van der Waals surface area contributed by atoms with E-state index < -0.39 is 5.51 Å². The molecule has 0 atom stereocenters. The van der Waals surface area contributed by atoms with Crippen molar-refractivity contribution in [1.82, 2.24) is 0 Å². The molecule has 0 N–H and O–H groups in total. The van der Waals surface area contributed by atoms with Crippen molar-refractivity contribution in [1.29, 1.82) is 0 Å². The van der Waals surface area contributed by atoms with Crippen LogP contribution in [0, 0.1) is 0 Å². The first-order chi connectivity index (χ1) is 7.83. The summed E-state index contributed by atoms with van der Waals surface area (Å²) in [7, 11) is 0. The highest BCUT2D eigenvalue weighted by molar-refractivity contribution is 8.00. The minimum Gasteiger partial charge on any atom is -0.300 e. The molecule has 0 aliphatic heterocycles. The zero-order chi connectivity index (χ0) is 13.1. The van der Waals surface area contributed by atoms with Crippen molar-refractivity contribution in [3.63, 3.8) is 0 Å². The Morgan fingerprint density at radius 2 is 1.88 bits per heavy atom. The molecule has 1 nitrogen and oxygen atoms in total. The summed E-state index contributed by atoms with van der Waals surface area (Å²) in [4.78, 5) is 11.9. The predicted molar refractivity (Wildman–Crippen MR) is 64.5 cm³/mol. The molecular weight excluding hydrogens is 269 g/mol. The number of halogens is 3. The fourth-order valence-corrected chi connectivity index (χ4v) is 2.79. The summed E-state index contributed by atoms with van der Waals surface area (Å²) < 4.78 is 37.1. The second-order valence-corrected chi connectivity index (χ2v) is 5.32. The predicted octanol–water partition coefficient (Wildman–Crippen LogP) is 4.15. The van der Waals surface area contributed by atoms with Gasteiger partial charge in [-0.3, -0.25) is 4.79 Å². The molecule has 0 unspecified atom stereocenters. The largest absolute Gasteiger partial charge is 0.446 e. The van der Waals surface area contributed by atoms with Crippen molar-refractivity contribution in [2.75, 3.05) is 6.26 Å². The fourth-order valence-electron chi connectivity index (χ4n) is 1.38. The Morgan fingerprint density at radius 1 is 1.29 bits per heavy atom. The maximum Gasteiger partial charge on any atom is 0.446 e. The van der Waals surface area contributed by atoms with Crippen molar-refractivity contribution in [3.05, 3.63) is 23.8 Å². The van der Waals surface area contributed by atoms with Gasteiger partial charge in [-0.15, -0.1) is 11.8 Å². The number of carbonyl (C=O) groups is 1. The van der Waals surface area contributed by atoms with Crippen molar-refractivity contribution in [3.8, 4) is 0 Å². The zero-order valence-corrected chi connectivity index (χ0v) is 10.9. The number of alkyl halides is 3. The van der Waals surface area contributed by atoms with Gasteiger partial charge in [0, 0.05) is 16.2 Å². The molecule has 1 aromatic rings. The normalized spacial score (nSPS) is 11.6. The summed E-state index contributed by atoms with van der Waals surface area (Å²) >= 11 is 1.18. The summed E-state index contributed by atoms with van der Waals surface area (Å²) in [5, 5.41) is 0. The molecule has 0 amide bonds. The maximum atomic E-state index is 12.4. The van der Waals surface area contributed by atoms with Crippen LogP contribution in [0.2, 0.25) is 0 Å². The third-order valence-corrected chi connectivity index (χ3v) is 3.62. The second-order valence-electron chi connectivity index (χ2n) is 3.36. The van der Waals surface area contributed by atoms with Gasteiger partial charge in [0.05, 0.1) is 0 Å². The van der Waals surface area contributed by atoms with E-state index in [1.807, 2.05) is 0 Å².